The van der Waals surface area contributed by atoms with Gasteiger partial charge in [-0.2, -0.15) is 0 Å². The topological polar surface area (TPSA) is 48.8 Å². The molecule has 14 rings (SSSR count). The summed E-state index contributed by atoms with van der Waals surface area (Å²) < 4.78 is 11.3. The zero-order valence-corrected chi connectivity index (χ0v) is 36.1. The van der Waals surface area contributed by atoms with Crippen LogP contribution < -0.4 is 0 Å². The summed E-state index contributed by atoms with van der Waals surface area (Å²) in [4.78, 5) is 10.6. The minimum Gasteiger partial charge on any atom is -0.455 e. The normalized spacial score (nSPS) is 11.9. The van der Waals surface area contributed by atoms with Crippen molar-refractivity contribution in [2.24, 2.45) is 0 Å². The lowest BCUT2D eigenvalue weighted by Gasteiger charge is -2.13. The smallest absolute Gasteiger partial charge is 0.144 e. The van der Waals surface area contributed by atoms with Crippen LogP contribution in [-0.2, 0) is 0 Å². The Morgan fingerprint density at radius 1 is 0.313 bits per heavy atom. The van der Waals surface area contributed by atoms with Crippen molar-refractivity contribution in [2.75, 3.05) is 0 Å². The zero-order chi connectivity index (χ0) is 44.0. The summed E-state index contributed by atoms with van der Waals surface area (Å²) in [6.07, 6.45) is 0. The molecule has 0 amide bonds. The van der Waals surface area contributed by atoms with E-state index in [1.807, 2.05) is 36.4 Å². The molecule has 0 unspecified atom stereocenters. The Hall–Kier alpha value is -9.06. The van der Waals surface area contributed by atoms with E-state index in [2.05, 4.69) is 203 Å². The van der Waals surface area contributed by atoms with Gasteiger partial charge in [-0.15, -0.1) is 0 Å². The van der Waals surface area contributed by atoms with E-state index in [9.17, 15) is 0 Å². The number of benzene rings is 9. The summed E-state index contributed by atoms with van der Waals surface area (Å²) in [5, 5.41) is 11.7. The number of para-hydroxylation sites is 6. The SMILES string of the molecule is c1ccc2c(cccc(-n3c4ccccc4c4cc5ccccc5cc43)c1)c1ccccc1n2-c1ccc2cc(-c3nc4ccccc4nc3-c3cccc4c3oc3ccccc34)ccc2c1. The highest BCUT2D eigenvalue weighted by Crippen LogP contribution is 2.41. The van der Waals surface area contributed by atoms with E-state index in [1.54, 1.807) is 0 Å². The van der Waals surface area contributed by atoms with Crippen LogP contribution in [0.25, 0.3) is 132 Å². The van der Waals surface area contributed by atoms with Gasteiger partial charge in [0.15, 0.2) is 0 Å². The Morgan fingerprint density at radius 3 is 1.61 bits per heavy atom. The molecular weight excluding hydrogens is 817 g/mol. The highest BCUT2D eigenvalue weighted by atomic mass is 16.3. The van der Waals surface area contributed by atoms with E-state index in [-0.39, 0.29) is 0 Å². The Kier molecular flexibility index (Phi) is 8.21. The molecule has 5 heteroatoms. The third kappa shape index (κ3) is 5.88. The molecule has 0 saturated heterocycles. The first-order valence-electron chi connectivity index (χ1n) is 22.7. The molecule has 0 aliphatic carbocycles. The average Bonchev–Trinajstić information content (AvgIpc) is 4.03. The average molecular weight is 855 g/mol. The van der Waals surface area contributed by atoms with E-state index in [0.717, 1.165) is 88.7 Å². The molecule has 67 heavy (non-hydrogen) atoms. The van der Waals surface area contributed by atoms with Crippen molar-refractivity contribution in [2.45, 2.75) is 0 Å². The van der Waals surface area contributed by atoms with Gasteiger partial charge in [0.2, 0.25) is 0 Å². The van der Waals surface area contributed by atoms with Gasteiger partial charge in [-0.05, 0) is 106 Å². The van der Waals surface area contributed by atoms with Crippen molar-refractivity contribution in [3.05, 3.63) is 231 Å². The lowest BCUT2D eigenvalue weighted by molar-refractivity contribution is 0.670. The van der Waals surface area contributed by atoms with Crippen LogP contribution in [0.15, 0.2) is 235 Å². The highest BCUT2D eigenvalue weighted by Gasteiger charge is 2.20. The number of hydrogen-bond donors (Lipinski definition) is 0. The summed E-state index contributed by atoms with van der Waals surface area (Å²) in [5.41, 5.74) is 13.7. The van der Waals surface area contributed by atoms with Gasteiger partial charge in [-0.1, -0.05) is 146 Å². The molecule has 0 aliphatic rings. The number of nitrogens with zero attached hydrogens (tertiary/aromatic N) is 4. The standard InChI is InChI=1S/C62H38N4O/c1-2-16-40-38-58-52(37-39(40)15-1)48-20-5-11-29-57(48)65(58)44-17-3-9-27-56-47(22-13-18-44)46-19-4-10-28-55(46)66(56)45-34-33-41-35-43(32-31-42(41)36-45)60-61(64-54-26-8-7-25-53(54)63-60)51-24-14-23-50-49-21-6-12-30-59(49)67-62(50)51/h1-38H. The number of furan rings is 1. The molecule has 4 heterocycles. The zero-order valence-electron chi connectivity index (χ0n) is 36.1. The molecule has 0 bridgehead atoms. The second kappa shape index (κ2) is 14.7. The van der Waals surface area contributed by atoms with Crippen LogP contribution in [0.5, 0.6) is 0 Å². The van der Waals surface area contributed by atoms with Crippen molar-refractivity contribution in [1.29, 1.82) is 0 Å². The Balaban J connectivity index is 0.901. The number of hydrogen-bond acceptors (Lipinski definition) is 3. The molecule has 0 spiro atoms. The molecule has 0 aliphatic heterocycles. The predicted molar refractivity (Wildman–Crippen MR) is 279 cm³/mol. The second-order valence-corrected chi connectivity index (χ2v) is 17.3. The molecule has 4 aromatic heterocycles. The summed E-state index contributed by atoms with van der Waals surface area (Å²) in [7, 11) is 0. The lowest BCUT2D eigenvalue weighted by Crippen LogP contribution is -1.96. The Bertz CT molecular complexity index is 4420. The van der Waals surface area contributed by atoms with Crippen molar-refractivity contribution in [1.82, 2.24) is 19.1 Å². The van der Waals surface area contributed by atoms with Gasteiger partial charge in [0.1, 0.15) is 16.9 Å². The van der Waals surface area contributed by atoms with Crippen molar-refractivity contribution >= 4 is 98.1 Å². The Morgan fingerprint density at radius 2 is 0.836 bits per heavy atom. The summed E-state index contributed by atoms with van der Waals surface area (Å²) in [6.45, 7) is 0. The van der Waals surface area contributed by atoms with E-state index in [0.29, 0.717) is 0 Å². The van der Waals surface area contributed by atoms with Gasteiger partial charge < -0.3 is 13.6 Å². The van der Waals surface area contributed by atoms with E-state index in [1.165, 1.54) is 43.4 Å². The summed E-state index contributed by atoms with van der Waals surface area (Å²) in [5.74, 6) is 0. The quantitative estimate of drug-likeness (QED) is 0.177. The number of rotatable bonds is 4. The van der Waals surface area contributed by atoms with Crippen LogP contribution in [0.1, 0.15) is 0 Å². The molecule has 10 aromatic carbocycles. The predicted octanol–water partition coefficient (Wildman–Crippen LogP) is 16.5. The minimum absolute atomic E-state index is 0.794. The maximum Gasteiger partial charge on any atom is 0.144 e. The molecule has 14 aromatic rings. The van der Waals surface area contributed by atoms with Crippen molar-refractivity contribution < 1.29 is 4.42 Å². The third-order valence-electron chi connectivity index (χ3n) is 13.5. The molecule has 0 N–H and O–H groups in total. The molecule has 0 atom stereocenters. The van der Waals surface area contributed by atoms with Gasteiger partial charge in [0.25, 0.3) is 0 Å². The van der Waals surface area contributed by atoms with Gasteiger partial charge in [-0.3, -0.25) is 0 Å². The third-order valence-corrected chi connectivity index (χ3v) is 13.5. The number of aromatic nitrogens is 4. The minimum atomic E-state index is 0.794. The summed E-state index contributed by atoms with van der Waals surface area (Å²) in [6, 6.07) is 82.2. The van der Waals surface area contributed by atoms with E-state index < -0.39 is 0 Å². The molecule has 0 radical (unpaired) electrons. The largest absolute Gasteiger partial charge is 0.455 e. The van der Waals surface area contributed by atoms with Gasteiger partial charge in [0.05, 0.1) is 38.8 Å². The van der Waals surface area contributed by atoms with Crippen LogP contribution in [0, 0.1) is 0 Å². The lowest BCUT2D eigenvalue weighted by atomic mass is 9.99. The van der Waals surface area contributed by atoms with Crippen LogP contribution in [-0.4, -0.2) is 19.1 Å². The first-order valence-corrected chi connectivity index (χ1v) is 22.7. The van der Waals surface area contributed by atoms with Crippen LogP contribution in [0.2, 0.25) is 0 Å². The monoisotopic (exact) mass is 854 g/mol. The maximum atomic E-state index is 6.53. The van der Waals surface area contributed by atoms with Gasteiger partial charge in [-0.25, -0.2) is 9.97 Å². The molecule has 5 nitrogen and oxygen atoms in total. The summed E-state index contributed by atoms with van der Waals surface area (Å²) >= 11 is 0. The fourth-order valence-corrected chi connectivity index (χ4v) is 10.4. The van der Waals surface area contributed by atoms with E-state index in [4.69, 9.17) is 14.4 Å². The fraction of sp³-hybridized carbons (Fsp3) is 0. The second-order valence-electron chi connectivity index (χ2n) is 17.3. The molecule has 0 saturated carbocycles. The van der Waals surface area contributed by atoms with Crippen LogP contribution in [0.3, 0.4) is 0 Å². The van der Waals surface area contributed by atoms with Gasteiger partial charge in [0, 0.05) is 54.8 Å². The Labute approximate surface area is 384 Å². The van der Waals surface area contributed by atoms with Crippen LogP contribution in [0.4, 0.5) is 0 Å². The molecule has 312 valence electrons. The first-order chi connectivity index (χ1) is 33.2. The van der Waals surface area contributed by atoms with Crippen LogP contribution >= 0.6 is 0 Å². The first kappa shape index (κ1) is 37.3. The van der Waals surface area contributed by atoms with Gasteiger partial charge >= 0.3 is 0 Å². The molecule has 0 fully saturated rings. The van der Waals surface area contributed by atoms with Crippen molar-refractivity contribution in [3.8, 4) is 33.9 Å². The number of fused-ring (bicyclic) bond motifs is 12. The molecular formula is C62H38N4O. The van der Waals surface area contributed by atoms with E-state index >= 15 is 0 Å². The maximum absolute atomic E-state index is 6.53. The fourth-order valence-electron chi connectivity index (χ4n) is 10.4. The highest BCUT2D eigenvalue weighted by molar-refractivity contribution is 6.14. The van der Waals surface area contributed by atoms with Crippen molar-refractivity contribution in [3.63, 3.8) is 0 Å².